The summed E-state index contributed by atoms with van der Waals surface area (Å²) in [6.07, 6.45) is 5.00. The van der Waals surface area contributed by atoms with Crippen LogP contribution in [0.15, 0.2) is 30.3 Å². The van der Waals surface area contributed by atoms with Crippen LogP contribution in [0.4, 0.5) is 0 Å². The maximum Gasteiger partial charge on any atom is 0.248 e. The first-order valence-corrected chi connectivity index (χ1v) is 5.48. The van der Waals surface area contributed by atoms with Crippen molar-refractivity contribution in [1.82, 2.24) is 0 Å². The van der Waals surface area contributed by atoms with E-state index in [-0.39, 0.29) is 5.91 Å². The fourth-order valence-electron chi connectivity index (χ4n) is 1.08. The molecule has 0 aliphatic heterocycles. The summed E-state index contributed by atoms with van der Waals surface area (Å²) in [4.78, 5) is 10.9. The zero-order valence-corrected chi connectivity index (χ0v) is 9.33. The second-order valence-electron chi connectivity index (χ2n) is 2.87. The van der Waals surface area contributed by atoms with Gasteiger partial charge in [0.05, 0.1) is 0 Å². The number of alkyl halides is 1. The van der Waals surface area contributed by atoms with Crippen LogP contribution in [0.1, 0.15) is 22.3 Å². The second kappa shape index (κ2) is 5.60. The lowest BCUT2D eigenvalue weighted by Crippen LogP contribution is -2.10. The van der Waals surface area contributed by atoms with Crippen LogP contribution in [-0.2, 0) is 0 Å². The van der Waals surface area contributed by atoms with Gasteiger partial charge < -0.3 is 5.73 Å². The van der Waals surface area contributed by atoms with Crippen LogP contribution < -0.4 is 5.73 Å². The molecule has 14 heavy (non-hydrogen) atoms. The molecule has 0 atom stereocenters. The molecule has 0 heterocycles. The first kappa shape index (κ1) is 11.0. The minimum absolute atomic E-state index is 0.388. The highest BCUT2D eigenvalue weighted by Crippen LogP contribution is 2.07. The number of rotatable bonds is 4. The fraction of sp³-hybridized carbons (Fsp3) is 0.182. The minimum atomic E-state index is -0.388. The zero-order chi connectivity index (χ0) is 10.4. The Hall–Kier alpha value is -1.09. The first-order chi connectivity index (χ1) is 6.74. The van der Waals surface area contributed by atoms with Crippen LogP contribution in [0.25, 0.3) is 6.08 Å². The van der Waals surface area contributed by atoms with Gasteiger partial charge in [-0.1, -0.05) is 40.2 Å². The molecule has 74 valence electrons. The van der Waals surface area contributed by atoms with Crippen molar-refractivity contribution in [2.45, 2.75) is 6.42 Å². The van der Waals surface area contributed by atoms with E-state index in [2.05, 4.69) is 22.0 Å². The van der Waals surface area contributed by atoms with Crippen LogP contribution in [0.5, 0.6) is 0 Å². The number of nitrogens with two attached hydrogens (primary N) is 1. The summed E-state index contributed by atoms with van der Waals surface area (Å²) in [5.74, 6) is -0.388. The average molecular weight is 254 g/mol. The average Bonchev–Trinajstić information content (AvgIpc) is 2.19. The smallest absolute Gasteiger partial charge is 0.248 e. The van der Waals surface area contributed by atoms with E-state index < -0.39 is 0 Å². The molecule has 0 unspecified atom stereocenters. The SMILES string of the molecule is NC(=O)c1cccc(C=CCCBr)c1. The minimum Gasteiger partial charge on any atom is -0.366 e. The molecule has 0 aromatic heterocycles. The van der Waals surface area contributed by atoms with Crippen molar-refractivity contribution in [3.05, 3.63) is 41.5 Å². The maximum absolute atomic E-state index is 10.9. The molecule has 3 heteroatoms. The highest BCUT2D eigenvalue weighted by Gasteiger charge is 1.98. The predicted octanol–water partition coefficient (Wildman–Crippen LogP) is 2.58. The third-order valence-electron chi connectivity index (χ3n) is 1.76. The summed E-state index contributed by atoms with van der Waals surface area (Å²) in [6, 6.07) is 7.27. The van der Waals surface area contributed by atoms with E-state index in [0.717, 1.165) is 17.3 Å². The standard InChI is InChI=1S/C11H12BrNO/c12-7-2-1-4-9-5-3-6-10(8-9)11(13)14/h1,3-6,8H,2,7H2,(H2,13,14). The quantitative estimate of drug-likeness (QED) is 0.824. The summed E-state index contributed by atoms with van der Waals surface area (Å²) < 4.78 is 0. The van der Waals surface area contributed by atoms with E-state index in [1.54, 1.807) is 12.1 Å². The van der Waals surface area contributed by atoms with Gasteiger partial charge in [0.1, 0.15) is 0 Å². The molecule has 2 nitrogen and oxygen atoms in total. The number of amides is 1. The molecular formula is C11H12BrNO. The number of carbonyl (C=O) groups excluding carboxylic acids is 1. The largest absolute Gasteiger partial charge is 0.366 e. The summed E-state index contributed by atoms with van der Waals surface area (Å²) in [5.41, 5.74) is 6.72. The molecule has 0 saturated carbocycles. The lowest BCUT2D eigenvalue weighted by Gasteiger charge is -1.97. The normalized spacial score (nSPS) is 10.6. The van der Waals surface area contributed by atoms with E-state index in [9.17, 15) is 4.79 Å². The van der Waals surface area contributed by atoms with Crippen LogP contribution in [0.2, 0.25) is 0 Å². The summed E-state index contributed by atoms with van der Waals surface area (Å²) in [5, 5.41) is 0.943. The Bertz CT molecular complexity index is 347. The van der Waals surface area contributed by atoms with E-state index in [4.69, 9.17) is 5.73 Å². The van der Waals surface area contributed by atoms with Crippen molar-refractivity contribution >= 4 is 27.9 Å². The van der Waals surface area contributed by atoms with Gasteiger partial charge in [-0.05, 0) is 24.1 Å². The number of allylic oxidation sites excluding steroid dienone is 1. The van der Waals surface area contributed by atoms with Gasteiger partial charge in [-0.2, -0.15) is 0 Å². The van der Waals surface area contributed by atoms with Crippen molar-refractivity contribution < 1.29 is 4.79 Å². The Kier molecular flexibility index (Phi) is 4.40. The highest BCUT2D eigenvalue weighted by atomic mass is 79.9. The Balaban J connectivity index is 2.78. The number of carbonyl (C=O) groups is 1. The third kappa shape index (κ3) is 3.34. The number of hydrogen-bond donors (Lipinski definition) is 1. The van der Waals surface area contributed by atoms with Gasteiger partial charge in [-0.3, -0.25) is 4.79 Å². The number of benzene rings is 1. The molecule has 0 bridgehead atoms. The van der Waals surface area contributed by atoms with Crippen molar-refractivity contribution in [2.75, 3.05) is 5.33 Å². The summed E-state index contributed by atoms with van der Waals surface area (Å²) in [7, 11) is 0. The van der Waals surface area contributed by atoms with Crippen molar-refractivity contribution in [3.8, 4) is 0 Å². The molecule has 0 fully saturated rings. The molecule has 0 aliphatic carbocycles. The molecule has 0 radical (unpaired) electrons. The van der Waals surface area contributed by atoms with Crippen molar-refractivity contribution in [3.63, 3.8) is 0 Å². The van der Waals surface area contributed by atoms with Gasteiger partial charge in [0.15, 0.2) is 0 Å². The third-order valence-corrected chi connectivity index (χ3v) is 2.22. The number of halogens is 1. The summed E-state index contributed by atoms with van der Waals surface area (Å²) >= 11 is 3.34. The fourth-order valence-corrected chi connectivity index (χ4v) is 1.34. The molecule has 1 rings (SSSR count). The topological polar surface area (TPSA) is 43.1 Å². The van der Waals surface area contributed by atoms with Gasteiger partial charge in [-0.15, -0.1) is 0 Å². The lowest BCUT2D eigenvalue weighted by molar-refractivity contribution is 0.100. The van der Waals surface area contributed by atoms with Crippen LogP contribution in [-0.4, -0.2) is 11.2 Å². The molecule has 2 N–H and O–H groups in total. The monoisotopic (exact) mass is 253 g/mol. The van der Waals surface area contributed by atoms with Gasteiger partial charge in [0.2, 0.25) is 5.91 Å². The van der Waals surface area contributed by atoms with Gasteiger partial charge in [0.25, 0.3) is 0 Å². The summed E-state index contributed by atoms with van der Waals surface area (Å²) in [6.45, 7) is 0. The molecule has 1 aromatic rings. The van der Waals surface area contributed by atoms with Gasteiger partial charge >= 0.3 is 0 Å². The Morgan fingerprint density at radius 2 is 2.29 bits per heavy atom. The van der Waals surface area contributed by atoms with Gasteiger partial charge in [0, 0.05) is 10.9 Å². The molecule has 0 spiro atoms. The lowest BCUT2D eigenvalue weighted by atomic mass is 10.1. The van der Waals surface area contributed by atoms with Crippen molar-refractivity contribution in [1.29, 1.82) is 0 Å². The highest BCUT2D eigenvalue weighted by molar-refractivity contribution is 9.09. The molecule has 1 aromatic carbocycles. The van der Waals surface area contributed by atoms with Gasteiger partial charge in [-0.25, -0.2) is 0 Å². The number of primary amides is 1. The molecule has 1 amide bonds. The van der Waals surface area contributed by atoms with Crippen LogP contribution in [0.3, 0.4) is 0 Å². The maximum atomic E-state index is 10.9. The van der Waals surface area contributed by atoms with E-state index in [1.165, 1.54) is 0 Å². The Labute approximate surface area is 91.9 Å². The van der Waals surface area contributed by atoms with E-state index in [0.29, 0.717) is 5.56 Å². The molecule has 0 aliphatic rings. The van der Waals surface area contributed by atoms with E-state index in [1.807, 2.05) is 18.2 Å². The molecular weight excluding hydrogens is 242 g/mol. The first-order valence-electron chi connectivity index (χ1n) is 4.36. The Morgan fingerprint density at radius 1 is 1.50 bits per heavy atom. The van der Waals surface area contributed by atoms with Crippen molar-refractivity contribution in [2.24, 2.45) is 5.73 Å². The zero-order valence-electron chi connectivity index (χ0n) is 7.74. The van der Waals surface area contributed by atoms with Crippen LogP contribution in [0, 0.1) is 0 Å². The van der Waals surface area contributed by atoms with Crippen LogP contribution >= 0.6 is 15.9 Å². The number of hydrogen-bond acceptors (Lipinski definition) is 1. The predicted molar refractivity (Wildman–Crippen MR) is 62.4 cm³/mol. The Morgan fingerprint density at radius 3 is 2.93 bits per heavy atom. The van der Waals surface area contributed by atoms with E-state index >= 15 is 0 Å². The molecule has 0 saturated heterocycles. The second-order valence-corrected chi connectivity index (χ2v) is 3.66.